The summed E-state index contributed by atoms with van der Waals surface area (Å²) in [5.74, 6) is 0. The van der Waals surface area contributed by atoms with E-state index in [4.69, 9.17) is 0 Å². The SMILES string of the molecule is CCCCCCCCCCCCCCC[NH+](CCCCCCCCCCCCCCC)CC[NH+](CCCCCCCCCCCCCCC)CCCCCCCCCCCCCCC.[Br-].[Br-]. The molecular formula is C62H130Br2N2. The van der Waals surface area contributed by atoms with Crippen molar-refractivity contribution >= 4 is 0 Å². The van der Waals surface area contributed by atoms with Crippen LogP contribution in [0.25, 0.3) is 0 Å². The predicted molar refractivity (Wildman–Crippen MR) is 294 cm³/mol. The molecule has 0 radical (unpaired) electrons. The topological polar surface area (TPSA) is 8.88 Å². The van der Waals surface area contributed by atoms with E-state index in [0.29, 0.717) is 0 Å². The predicted octanol–water partition coefficient (Wildman–Crippen LogP) is 13.1. The minimum atomic E-state index is 0. The molecule has 0 aliphatic heterocycles. The van der Waals surface area contributed by atoms with Crippen LogP contribution >= 0.6 is 0 Å². The average molecular weight is 1060 g/mol. The van der Waals surface area contributed by atoms with Crippen molar-refractivity contribution in [2.45, 2.75) is 362 Å². The molecule has 0 aromatic heterocycles. The molecule has 0 atom stereocenters. The summed E-state index contributed by atoms with van der Waals surface area (Å²) in [6.07, 6.45) is 76.4. The fraction of sp³-hybridized carbons (Fsp3) is 1.00. The fourth-order valence-electron chi connectivity index (χ4n) is 10.7. The molecule has 0 aromatic carbocycles. The molecule has 0 saturated heterocycles. The van der Waals surface area contributed by atoms with Gasteiger partial charge >= 0.3 is 0 Å². The van der Waals surface area contributed by atoms with Crippen LogP contribution in [0.15, 0.2) is 0 Å². The van der Waals surface area contributed by atoms with E-state index in [9.17, 15) is 0 Å². The summed E-state index contributed by atoms with van der Waals surface area (Å²) < 4.78 is 0. The first-order chi connectivity index (χ1) is 31.8. The second-order valence-corrected chi connectivity index (χ2v) is 22.0. The quantitative estimate of drug-likeness (QED) is 0.0562. The Hall–Kier alpha value is 0.880. The third-order valence-corrected chi connectivity index (χ3v) is 15.4. The molecule has 4 heteroatoms. The van der Waals surface area contributed by atoms with Crippen LogP contribution in [0.2, 0.25) is 0 Å². The lowest BCUT2D eigenvalue weighted by Gasteiger charge is -2.24. The van der Waals surface area contributed by atoms with Crippen LogP contribution in [0, 0.1) is 0 Å². The Balaban J connectivity index is -0.0000198. The van der Waals surface area contributed by atoms with Crippen molar-refractivity contribution < 1.29 is 43.8 Å². The second kappa shape index (κ2) is 65.9. The van der Waals surface area contributed by atoms with Crippen LogP contribution < -0.4 is 43.8 Å². The molecule has 0 rings (SSSR count). The van der Waals surface area contributed by atoms with Crippen LogP contribution in [-0.4, -0.2) is 39.3 Å². The molecule has 0 aliphatic rings. The van der Waals surface area contributed by atoms with E-state index in [1.54, 1.807) is 0 Å². The minimum Gasteiger partial charge on any atom is -1.00 e. The molecule has 0 saturated carbocycles. The van der Waals surface area contributed by atoms with Crippen molar-refractivity contribution in [3.8, 4) is 0 Å². The highest BCUT2D eigenvalue weighted by atomic mass is 79.9. The van der Waals surface area contributed by atoms with Gasteiger partial charge in [-0.2, -0.15) is 0 Å². The van der Waals surface area contributed by atoms with Gasteiger partial charge in [-0.15, -0.1) is 0 Å². The number of nitrogens with one attached hydrogen (secondary N) is 2. The number of hydrogen-bond acceptors (Lipinski definition) is 0. The molecule has 0 bridgehead atoms. The Morgan fingerprint density at radius 2 is 0.242 bits per heavy atom. The molecule has 0 aliphatic carbocycles. The molecule has 0 unspecified atom stereocenters. The molecule has 0 spiro atoms. The highest BCUT2D eigenvalue weighted by Crippen LogP contribution is 2.16. The van der Waals surface area contributed by atoms with Gasteiger partial charge in [0.05, 0.1) is 26.2 Å². The summed E-state index contributed by atoms with van der Waals surface area (Å²) in [7, 11) is 0. The maximum Gasteiger partial charge on any atom is 0.127 e. The lowest BCUT2D eigenvalue weighted by Crippen LogP contribution is -3.20. The summed E-state index contributed by atoms with van der Waals surface area (Å²) in [5.41, 5.74) is 0. The van der Waals surface area contributed by atoms with Crippen molar-refractivity contribution in [2.75, 3.05) is 39.3 Å². The summed E-state index contributed by atoms with van der Waals surface area (Å²) in [6.45, 7) is 18.0. The summed E-state index contributed by atoms with van der Waals surface area (Å²) in [5, 5.41) is 0. The molecule has 66 heavy (non-hydrogen) atoms. The Bertz CT molecular complexity index is 670. The number of rotatable bonds is 59. The molecular weight excluding hydrogens is 933 g/mol. The van der Waals surface area contributed by atoms with Crippen molar-refractivity contribution in [1.82, 2.24) is 0 Å². The van der Waals surface area contributed by atoms with Gasteiger partial charge in [0.2, 0.25) is 0 Å². The van der Waals surface area contributed by atoms with Gasteiger partial charge in [0, 0.05) is 0 Å². The zero-order valence-corrected chi connectivity index (χ0v) is 49.9. The van der Waals surface area contributed by atoms with E-state index in [1.165, 1.54) is 373 Å². The van der Waals surface area contributed by atoms with Crippen LogP contribution in [0.3, 0.4) is 0 Å². The monoisotopic (exact) mass is 1060 g/mol. The van der Waals surface area contributed by atoms with Crippen LogP contribution in [0.4, 0.5) is 0 Å². The van der Waals surface area contributed by atoms with E-state index in [0.717, 1.165) is 0 Å². The summed E-state index contributed by atoms with van der Waals surface area (Å²) in [4.78, 5) is 3.94. The fourth-order valence-corrected chi connectivity index (χ4v) is 10.7. The standard InChI is InChI=1S/C62H128N2.2BrH/c1-5-9-13-17-21-25-29-33-37-41-45-49-53-57-63(58-54-50-46-42-38-34-30-26-22-18-14-10-6-2)61-62-64(59-55-51-47-43-39-35-31-27-23-19-15-11-7-3)60-56-52-48-44-40-36-32-28-24-20-16-12-8-4;;/h5-62H2,1-4H3;2*1H. The molecule has 0 amide bonds. The molecule has 2 nitrogen and oxygen atoms in total. The van der Waals surface area contributed by atoms with E-state index in [1.807, 2.05) is 9.80 Å². The highest BCUT2D eigenvalue weighted by molar-refractivity contribution is 4.54. The first-order valence-electron chi connectivity index (χ1n) is 31.4. The summed E-state index contributed by atoms with van der Waals surface area (Å²) >= 11 is 0. The third-order valence-electron chi connectivity index (χ3n) is 15.4. The Morgan fingerprint density at radius 1 is 0.136 bits per heavy atom. The number of quaternary nitrogens is 2. The molecule has 2 N–H and O–H groups in total. The van der Waals surface area contributed by atoms with Gasteiger partial charge < -0.3 is 43.8 Å². The molecule has 402 valence electrons. The number of halogens is 2. The normalized spacial score (nSPS) is 11.5. The van der Waals surface area contributed by atoms with Gasteiger partial charge in [-0.1, -0.05) is 310 Å². The molecule has 0 heterocycles. The largest absolute Gasteiger partial charge is 1.00 e. The zero-order valence-electron chi connectivity index (χ0n) is 46.8. The maximum absolute atomic E-state index is 2.33. The van der Waals surface area contributed by atoms with Crippen LogP contribution in [0.1, 0.15) is 362 Å². The maximum atomic E-state index is 2.33. The molecule has 0 fully saturated rings. The van der Waals surface area contributed by atoms with Gasteiger partial charge in [-0.25, -0.2) is 0 Å². The molecule has 0 aromatic rings. The Morgan fingerprint density at radius 3 is 0.364 bits per heavy atom. The smallest absolute Gasteiger partial charge is 0.127 e. The third kappa shape index (κ3) is 61.0. The lowest BCUT2D eigenvalue weighted by molar-refractivity contribution is -0.958. The van der Waals surface area contributed by atoms with E-state index in [2.05, 4.69) is 27.7 Å². The highest BCUT2D eigenvalue weighted by Gasteiger charge is 2.15. The first kappa shape index (κ1) is 71.1. The van der Waals surface area contributed by atoms with E-state index >= 15 is 0 Å². The van der Waals surface area contributed by atoms with Crippen LogP contribution in [-0.2, 0) is 0 Å². The van der Waals surface area contributed by atoms with Gasteiger partial charge in [0.1, 0.15) is 13.1 Å². The average Bonchev–Trinajstić information content (AvgIpc) is 3.30. The Labute approximate surface area is 442 Å². The first-order valence-corrected chi connectivity index (χ1v) is 31.4. The van der Waals surface area contributed by atoms with E-state index in [-0.39, 0.29) is 34.0 Å². The number of hydrogen-bond donors (Lipinski definition) is 2. The van der Waals surface area contributed by atoms with Gasteiger partial charge in [0.15, 0.2) is 0 Å². The van der Waals surface area contributed by atoms with E-state index < -0.39 is 0 Å². The number of unbranched alkanes of at least 4 members (excludes halogenated alkanes) is 48. The lowest BCUT2D eigenvalue weighted by atomic mass is 10.0. The van der Waals surface area contributed by atoms with Crippen molar-refractivity contribution in [3.05, 3.63) is 0 Å². The van der Waals surface area contributed by atoms with Crippen molar-refractivity contribution in [1.29, 1.82) is 0 Å². The van der Waals surface area contributed by atoms with Gasteiger partial charge in [-0.3, -0.25) is 0 Å². The summed E-state index contributed by atoms with van der Waals surface area (Å²) in [6, 6.07) is 0. The van der Waals surface area contributed by atoms with Crippen molar-refractivity contribution in [3.63, 3.8) is 0 Å². The minimum absolute atomic E-state index is 0. The zero-order chi connectivity index (χ0) is 46.2. The van der Waals surface area contributed by atoms with Gasteiger partial charge in [0.25, 0.3) is 0 Å². The van der Waals surface area contributed by atoms with Crippen molar-refractivity contribution in [2.24, 2.45) is 0 Å². The Kier molecular flexibility index (Phi) is 71.0. The van der Waals surface area contributed by atoms with Gasteiger partial charge in [-0.05, 0) is 51.4 Å². The second-order valence-electron chi connectivity index (χ2n) is 22.0. The van der Waals surface area contributed by atoms with Crippen LogP contribution in [0.5, 0.6) is 0 Å².